The average Bonchev–Trinajstić information content (AvgIpc) is 2.30. The number of hydrogen-bond donors (Lipinski definition) is 1. The third-order valence-corrected chi connectivity index (χ3v) is 3.15. The van der Waals surface area contributed by atoms with Crippen LogP contribution in [0, 0.1) is 5.82 Å². The van der Waals surface area contributed by atoms with Crippen molar-refractivity contribution >= 4 is 11.4 Å². The van der Waals surface area contributed by atoms with Crippen LogP contribution in [0.25, 0.3) is 0 Å². The fourth-order valence-corrected chi connectivity index (χ4v) is 2.23. The second-order valence-electron chi connectivity index (χ2n) is 4.57. The number of nitrogens with zero attached hydrogens (tertiary/aromatic N) is 1. The number of nitrogen functional groups attached to an aromatic ring is 1. The minimum absolute atomic E-state index is 0.262. The molecule has 1 atom stereocenters. The normalized spacial score (nSPS) is 20.2. The zero-order valence-electron chi connectivity index (χ0n) is 10.2. The summed E-state index contributed by atoms with van der Waals surface area (Å²) in [5.41, 5.74) is 7.14. The Morgan fingerprint density at radius 3 is 2.94 bits per heavy atom. The van der Waals surface area contributed by atoms with E-state index in [1.165, 1.54) is 18.6 Å². The number of anilines is 2. The first-order valence-electron chi connectivity index (χ1n) is 6.04. The monoisotopic (exact) mass is 238 g/mol. The molecular formula is C13H19FN2O. The first-order valence-corrected chi connectivity index (χ1v) is 6.04. The smallest absolute Gasteiger partial charge is 0.125 e. The Balaban J connectivity index is 2.00. The molecule has 1 aromatic carbocycles. The van der Waals surface area contributed by atoms with Gasteiger partial charge in [-0.3, -0.25) is 0 Å². The third kappa shape index (κ3) is 3.09. The number of halogens is 1. The van der Waals surface area contributed by atoms with Crippen LogP contribution in [0.3, 0.4) is 0 Å². The minimum atomic E-state index is -0.298. The van der Waals surface area contributed by atoms with Gasteiger partial charge in [-0.15, -0.1) is 0 Å². The van der Waals surface area contributed by atoms with Gasteiger partial charge in [0.1, 0.15) is 5.82 Å². The lowest BCUT2D eigenvalue weighted by Gasteiger charge is -2.29. The lowest BCUT2D eigenvalue weighted by atomic mass is 10.1. The van der Waals surface area contributed by atoms with Crippen LogP contribution in [0.4, 0.5) is 15.8 Å². The minimum Gasteiger partial charge on any atom is -0.397 e. The van der Waals surface area contributed by atoms with Gasteiger partial charge in [-0.1, -0.05) is 0 Å². The molecule has 0 aromatic heterocycles. The molecule has 0 radical (unpaired) electrons. The SMILES string of the molecule is CN(CC1CCCCO1)c1ccc(F)cc1N. The maximum Gasteiger partial charge on any atom is 0.125 e. The summed E-state index contributed by atoms with van der Waals surface area (Å²) in [6.07, 6.45) is 3.72. The highest BCUT2D eigenvalue weighted by molar-refractivity contribution is 5.67. The van der Waals surface area contributed by atoms with Crippen LogP contribution in [0.2, 0.25) is 0 Å². The molecule has 0 spiro atoms. The van der Waals surface area contributed by atoms with E-state index in [0.717, 1.165) is 31.7 Å². The Morgan fingerprint density at radius 1 is 1.47 bits per heavy atom. The van der Waals surface area contributed by atoms with Crippen molar-refractivity contribution in [1.29, 1.82) is 0 Å². The van der Waals surface area contributed by atoms with Crippen LogP contribution < -0.4 is 10.6 Å². The maximum absolute atomic E-state index is 12.9. The van der Waals surface area contributed by atoms with Crippen molar-refractivity contribution in [3.63, 3.8) is 0 Å². The van der Waals surface area contributed by atoms with Gasteiger partial charge in [0.25, 0.3) is 0 Å². The summed E-state index contributed by atoms with van der Waals surface area (Å²) in [7, 11) is 1.96. The zero-order valence-corrected chi connectivity index (χ0v) is 10.2. The quantitative estimate of drug-likeness (QED) is 0.822. The van der Waals surface area contributed by atoms with Gasteiger partial charge in [0.15, 0.2) is 0 Å². The van der Waals surface area contributed by atoms with E-state index in [-0.39, 0.29) is 11.9 Å². The average molecular weight is 238 g/mol. The van der Waals surface area contributed by atoms with Gasteiger partial charge in [-0.25, -0.2) is 4.39 Å². The number of nitrogens with two attached hydrogens (primary N) is 1. The van der Waals surface area contributed by atoms with Crippen molar-refractivity contribution in [2.75, 3.05) is 30.8 Å². The van der Waals surface area contributed by atoms with Crippen LogP contribution in [0.5, 0.6) is 0 Å². The Morgan fingerprint density at radius 2 is 2.29 bits per heavy atom. The molecule has 1 aromatic rings. The number of ether oxygens (including phenoxy) is 1. The molecule has 1 fully saturated rings. The highest BCUT2D eigenvalue weighted by Gasteiger charge is 2.17. The van der Waals surface area contributed by atoms with E-state index in [4.69, 9.17) is 10.5 Å². The summed E-state index contributed by atoms with van der Waals surface area (Å²) < 4.78 is 18.6. The standard InChI is InChI=1S/C13H19FN2O/c1-16(9-11-4-2-3-7-17-11)13-6-5-10(14)8-12(13)15/h5-6,8,11H,2-4,7,9,15H2,1H3. The third-order valence-electron chi connectivity index (χ3n) is 3.15. The van der Waals surface area contributed by atoms with Crippen molar-refractivity contribution in [2.24, 2.45) is 0 Å². The van der Waals surface area contributed by atoms with E-state index < -0.39 is 0 Å². The summed E-state index contributed by atoms with van der Waals surface area (Å²) in [6.45, 7) is 1.65. The lowest BCUT2D eigenvalue weighted by molar-refractivity contribution is 0.0216. The molecular weight excluding hydrogens is 219 g/mol. The van der Waals surface area contributed by atoms with E-state index >= 15 is 0 Å². The van der Waals surface area contributed by atoms with Crippen LogP contribution in [0.1, 0.15) is 19.3 Å². The van der Waals surface area contributed by atoms with Crippen molar-refractivity contribution < 1.29 is 9.13 Å². The first-order chi connectivity index (χ1) is 8.16. The van der Waals surface area contributed by atoms with E-state index in [1.807, 2.05) is 11.9 Å². The molecule has 1 aliphatic heterocycles. The molecule has 0 amide bonds. The van der Waals surface area contributed by atoms with Gasteiger partial charge in [0, 0.05) is 20.2 Å². The highest BCUT2D eigenvalue weighted by Crippen LogP contribution is 2.24. The summed E-state index contributed by atoms with van der Waals surface area (Å²) in [5, 5.41) is 0. The number of hydrogen-bond acceptors (Lipinski definition) is 3. The number of benzene rings is 1. The molecule has 17 heavy (non-hydrogen) atoms. The van der Waals surface area contributed by atoms with Crippen LogP contribution >= 0.6 is 0 Å². The molecule has 4 heteroatoms. The van der Waals surface area contributed by atoms with Crippen molar-refractivity contribution in [2.45, 2.75) is 25.4 Å². The van der Waals surface area contributed by atoms with E-state index in [1.54, 1.807) is 6.07 Å². The Hall–Kier alpha value is -1.29. The molecule has 2 N–H and O–H groups in total. The molecule has 0 aliphatic carbocycles. The van der Waals surface area contributed by atoms with E-state index in [0.29, 0.717) is 5.69 Å². The maximum atomic E-state index is 12.9. The van der Waals surface area contributed by atoms with Gasteiger partial charge >= 0.3 is 0 Å². The first kappa shape index (κ1) is 12.2. The molecule has 0 saturated carbocycles. The topological polar surface area (TPSA) is 38.5 Å². The number of rotatable bonds is 3. The second-order valence-corrected chi connectivity index (χ2v) is 4.57. The molecule has 1 saturated heterocycles. The predicted molar refractivity (Wildman–Crippen MR) is 67.7 cm³/mol. The molecule has 0 bridgehead atoms. The fourth-order valence-electron chi connectivity index (χ4n) is 2.23. The summed E-state index contributed by atoms with van der Waals surface area (Å²) in [4.78, 5) is 2.03. The van der Waals surface area contributed by atoms with Gasteiger partial charge in [0.2, 0.25) is 0 Å². The van der Waals surface area contributed by atoms with Crippen molar-refractivity contribution in [3.8, 4) is 0 Å². The summed E-state index contributed by atoms with van der Waals surface area (Å²) in [5.74, 6) is -0.298. The Bertz CT molecular complexity index is 378. The molecule has 94 valence electrons. The molecule has 1 aliphatic rings. The zero-order chi connectivity index (χ0) is 12.3. The molecule has 2 rings (SSSR count). The summed E-state index contributed by atoms with van der Waals surface area (Å²) >= 11 is 0. The summed E-state index contributed by atoms with van der Waals surface area (Å²) in [6, 6.07) is 4.50. The van der Waals surface area contributed by atoms with Crippen molar-refractivity contribution in [3.05, 3.63) is 24.0 Å². The lowest BCUT2D eigenvalue weighted by Crippen LogP contribution is -2.33. The number of likely N-dealkylation sites (N-methyl/N-ethyl adjacent to an activating group) is 1. The largest absolute Gasteiger partial charge is 0.397 e. The van der Waals surface area contributed by atoms with Crippen LogP contribution in [-0.2, 0) is 4.74 Å². The van der Waals surface area contributed by atoms with Gasteiger partial charge < -0.3 is 15.4 Å². The van der Waals surface area contributed by atoms with E-state index in [9.17, 15) is 4.39 Å². The molecule has 1 heterocycles. The Kier molecular flexibility index (Phi) is 3.84. The predicted octanol–water partition coefficient (Wildman–Crippen LogP) is 2.41. The van der Waals surface area contributed by atoms with E-state index in [2.05, 4.69) is 0 Å². The second kappa shape index (κ2) is 5.36. The van der Waals surface area contributed by atoms with Crippen LogP contribution in [0.15, 0.2) is 18.2 Å². The molecule has 1 unspecified atom stereocenters. The van der Waals surface area contributed by atoms with Gasteiger partial charge in [0.05, 0.1) is 17.5 Å². The fraction of sp³-hybridized carbons (Fsp3) is 0.538. The van der Waals surface area contributed by atoms with Gasteiger partial charge in [-0.2, -0.15) is 0 Å². The van der Waals surface area contributed by atoms with Crippen molar-refractivity contribution in [1.82, 2.24) is 0 Å². The highest BCUT2D eigenvalue weighted by atomic mass is 19.1. The molecule has 3 nitrogen and oxygen atoms in total. The Labute approximate surface area is 101 Å². The van der Waals surface area contributed by atoms with Gasteiger partial charge in [-0.05, 0) is 37.5 Å². The van der Waals surface area contributed by atoms with Crippen LogP contribution in [-0.4, -0.2) is 26.3 Å².